The van der Waals surface area contributed by atoms with Gasteiger partial charge in [0, 0.05) is 30.5 Å². The van der Waals surface area contributed by atoms with Gasteiger partial charge in [0.05, 0.1) is 18.7 Å². The van der Waals surface area contributed by atoms with Gasteiger partial charge in [0.15, 0.2) is 11.5 Å². The molecular weight excluding hydrogens is 464 g/mol. The summed E-state index contributed by atoms with van der Waals surface area (Å²) in [6.07, 6.45) is 2.35. The minimum Gasteiger partial charge on any atom is -0.493 e. The average molecular weight is 493 g/mol. The van der Waals surface area contributed by atoms with Crippen LogP contribution in [-0.2, 0) is 17.8 Å². The van der Waals surface area contributed by atoms with Crippen LogP contribution in [0.1, 0.15) is 28.4 Å². The molecule has 1 amide bonds. The number of hydrogen-bond acceptors (Lipinski definition) is 6. The largest absolute Gasteiger partial charge is 0.493 e. The molecule has 0 unspecified atom stereocenters. The molecule has 0 aliphatic carbocycles. The van der Waals surface area contributed by atoms with Crippen LogP contribution in [0.25, 0.3) is 0 Å². The van der Waals surface area contributed by atoms with Gasteiger partial charge in [0.2, 0.25) is 5.91 Å². The molecular formula is C30H28N4O3. The van der Waals surface area contributed by atoms with E-state index in [0.29, 0.717) is 47.9 Å². The van der Waals surface area contributed by atoms with Gasteiger partial charge < -0.3 is 20.1 Å². The van der Waals surface area contributed by atoms with E-state index < -0.39 is 6.04 Å². The van der Waals surface area contributed by atoms with E-state index in [9.17, 15) is 4.79 Å². The smallest absolute Gasteiger partial charge is 0.247 e. The monoisotopic (exact) mass is 492 g/mol. The molecule has 0 saturated heterocycles. The number of nitrogens with one attached hydrogen (secondary N) is 2. The van der Waals surface area contributed by atoms with Gasteiger partial charge in [0.25, 0.3) is 0 Å². The Hall–Kier alpha value is -4.83. The molecule has 0 bridgehead atoms. The lowest BCUT2D eigenvalue weighted by molar-refractivity contribution is -0.121. The van der Waals surface area contributed by atoms with Crippen molar-refractivity contribution in [2.75, 3.05) is 19.0 Å². The van der Waals surface area contributed by atoms with Crippen LogP contribution in [0.2, 0.25) is 0 Å². The number of aromatic nitrogens is 1. The Morgan fingerprint density at radius 2 is 1.76 bits per heavy atom. The van der Waals surface area contributed by atoms with Crippen LogP contribution in [0.5, 0.6) is 11.5 Å². The van der Waals surface area contributed by atoms with Crippen molar-refractivity contribution < 1.29 is 14.3 Å². The van der Waals surface area contributed by atoms with Gasteiger partial charge >= 0.3 is 0 Å². The van der Waals surface area contributed by atoms with Crippen LogP contribution in [0.3, 0.4) is 0 Å². The summed E-state index contributed by atoms with van der Waals surface area (Å²) in [5, 5.41) is 15.4. The van der Waals surface area contributed by atoms with E-state index in [4.69, 9.17) is 14.7 Å². The minimum absolute atomic E-state index is 0.194. The molecule has 3 aromatic carbocycles. The highest BCUT2D eigenvalue weighted by Crippen LogP contribution is 2.32. The minimum atomic E-state index is -0.700. The number of hydrogen-bond donors (Lipinski definition) is 2. The zero-order valence-electron chi connectivity index (χ0n) is 20.6. The van der Waals surface area contributed by atoms with Gasteiger partial charge in [-0.15, -0.1) is 0 Å². The third-order valence-corrected chi connectivity index (χ3v) is 5.75. The molecule has 186 valence electrons. The molecule has 1 heterocycles. The van der Waals surface area contributed by atoms with Crippen LogP contribution >= 0.6 is 0 Å². The summed E-state index contributed by atoms with van der Waals surface area (Å²) in [5.41, 5.74) is 3.92. The second kappa shape index (κ2) is 12.8. The van der Waals surface area contributed by atoms with Gasteiger partial charge in [-0.3, -0.25) is 9.78 Å². The van der Waals surface area contributed by atoms with Crippen LogP contribution in [0.4, 0.5) is 5.69 Å². The zero-order chi connectivity index (χ0) is 25.9. The van der Waals surface area contributed by atoms with Gasteiger partial charge in [-0.2, -0.15) is 5.26 Å². The third kappa shape index (κ3) is 7.09. The standard InChI is InChI=1S/C30H28N4O3/c1-36-28-19-24(12-15-27(28)37-21-23-7-3-2-4-8-23)29(34-26-13-10-22(20-31)11-14-26)30(35)33-18-16-25-9-5-6-17-32-25/h2-15,17,19,29,34H,16,18,21H2,1H3,(H,33,35)/t29-/m0/s1. The fourth-order valence-corrected chi connectivity index (χ4v) is 3.79. The predicted molar refractivity (Wildman–Crippen MR) is 142 cm³/mol. The first-order chi connectivity index (χ1) is 18.2. The average Bonchev–Trinajstić information content (AvgIpc) is 2.96. The first kappa shape index (κ1) is 25.3. The molecule has 1 aromatic heterocycles. The fourth-order valence-electron chi connectivity index (χ4n) is 3.79. The number of nitriles is 1. The first-order valence-corrected chi connectivity index (χ1v) is 12.0. The quantitative estimate of drug-likeness (QED) is 0.304. The lowest BCUT2D eigenvalue weighted by Gasteiger charge is -2.21. The topological polar surface area (TPSA) is 96.3 Å². The van der Waals surface area contributed by atoms with Gasteiger partial charge in [0.1, 0.15) is 12.6 Å². The van der Waals surface area contributed by atoms with Crippen LogP contribution < -0.4 is 20.1 Å². The Morgan fingerprint density at radius 3 is 2.46 bits per heavy atom. The normalized spacial score (nSPS) is 11.1. The number of nitrogens with zero attached hydrogens (tertiary/aromatic N) is 2. The summed E-state index contributed by atoms with van der Waals surface area (Å²) in [6, 6.07) is 29.4. The summed E-state index contributed by atoms with van der Waals surface area (Å²) < 4.78 is 11.6. The number of carbonyl (C=O) groups is 1. The molecule has 0 radical (unpaired) electrons. The second-order valence-electron chi connectivity index (χ2n) is 8.31. The highest BCUT2D eigenvalue weighted by atomic mass is 16.5. The number of carbonyl (C=O) groups excluding carboxylic acids is 1. The van der Waals surface area contributed by atoms with Gasteiger partial charge in [-0.25, -0.2) is 0 Å². The second-order valence-corrected chi connectivity index (χ2v) is 8.31. The Bertz CT molecular complexity index is 1340. The van der Waals surface area contributed by atoms with Crippen molar-refractivity contribution in [2.45, 2.75) is 19.1 Å². The fraction of sp³-hybridized carbons (Fsp3) is 0.167. The summed E-state index contributed by atoms with van der Waals surface area (Å²) in [5.74, 6) is 0.921. The van der Waals surface area contributed by atoms with Gasteiger partial charge in [-0.1, -0.05) is 42.5 Å². The Kier molecular flexibility index (Phi) is 8.71. The SMILES string of the molecule is COc1cc([C@H](Nc2ccc(C#N)cc2)C(=O)NCCc2ccccn2)ccc1OCc1ccccc1. The van der Waals surface area contributed by atoms with Crippen molar-refractivity contribution in [1.82, 2.24) is 10.3 Å². The number of anilines is 1. The number of pyridine rings is 1. The number of rotatable bonds is 11. The van der Waals surface area contributed by atoms with E-state index in [1.54, 1.807) is 43.6 Å². The summed E-state index contributed by atoms with van der Waals surface area (Å²) in [6.45, 7) is 0.842. The van der Waals surface area contributed by atoms with E-state index in [1.165, 1.54) is 0 Å². The molecule has 2 N–H and O–H groups in total. The summed E-state index contributed by atoms with van der Waals surface area (Å²) in [4.78, 5) is 17.6. The molecule has 0 aliphatic heterocycles. The highest BCUT2D eigenvalue weighted by Gasteiger charge is 2.22. The lowest BCUT2D eigenvalue weighted by atomic mass is 10.0. The van der Waals surface area contributed by atoms with Crippen molar-refractivity contribution in [3.8, 4) is 17.6 Å². The van der Waals surface area contributed by atoms with E-state index in [0.717, 1.165) is 11.3 Å². The molecule has 4 aromatic rings. The van der Waals surface area contributed by atoms with Crippen LogP contribution in [0, 0.1) is 11.3 Å². The summed E-state index contributed by atoms with van der Waals surface area (Å²) in [7, 11) is 1.57. The Morgan fingerprint density at radius 1 is 0.973 bits per heavy atom. The van der Waals surface area contributed by atoms with E-state index in [-0.39, 0.29) is 5.91 Å². The first-order valence-electron chi connectivity index (χ1n) is 12.0. The van der Waals surface area contributed by atoms with Crippen molar-refractivity contribution in [2.24, 2.45) is 0 Å². The van der Waals surface area contributed by atoms with Gasteiger partial charge in [-0.05, 0) is 59.7 Å². The molecule has 1 atom stereocenters. The molecule has 37 heavy (non-hydrogen) atoms. The predicted octanol–water partition coefficient (Wildman–Crippen LogP) is 5.05. The molecule has 0 aliphatic rings. The number of amides is 1. The molecule has 7 nitrogen and oxygen atoms in total. The number of benzene rings is 3. The van der Waals surface area contributed by atoms with Crippen LogP contribution in [-0.4, -0.2) is 24.5 Å². The molecule has 0 spiro atoms. The Labute approximate surface area is 216 Å². The lowest BCUT2D eigenvalue weighted by Crippen LogP contribution is -2.34. The van der Waals surface area contributed by atoms with E-state index in [2.05, 4.69) is 21.7 Å². The maximum absolute atomic E-state index is 13.3. The molecule has 0 saturated carbocycles. The highest BCUT2D eigenvalue weighted by molar-refractivity contribution is 5.86. The third-order valence-electron chi connectivity index (χ3n) is 5.75. The molecule has 0 fully saturated rings. The van der Waals surface area contributed by atoms with Crippen molar-refractivity contribution in [3.63, 3.8) is 0 Å². The maximum Gasteiger partial charge on any atom is 0.247 e. The van der Waals surface area contributed by atoms with Crippen molar-refractivity contribution in [1.29, 1.82) is 5.26 Å². The van der Waals surface area contributed by atoms with Crippen molar-refractivity contribution >= 4 is 11.6 Å². The van der Waals surface area contributed by atoms with E-state index >= 15 is 0 Å². The Balaban J connectivity index is 1.52. The number of ether oxygens (including phenoxy) is 2. The number of methoxy groups -OCH3 is 1. The summed E-state index contributed by atoms with van der Waals surface area (Å²) >= 11 is 0. The zero-order valence-corrected chi connectivity index (χ0v) is 20.6. The van der Waals surface area contributed by atoms with Crippen molar-refractivity contribution in [3.05, 3.63) is 120 Å². The molecule has 7 heteroatoms. The van der Waals surface area contributed by atoms with Crippen LogP contribution in [0.15, 0.2) is 97.2 Å². The van der Waals surface area contributed by atoms with E-state index in [1.807, 2.05) is 60.7 Å². The molecule has 4 rings (SSSR count). The maximum atomic E-state index is 13.3.